The molecule has 0 atom stereocenters. The van der Waals surface area contributed by atoms with E-state index in [1.807, 2.05) is 60.5 Å². The summed E-state index contributed by atoms with van der Waals surface area (Å²) in [6.07, 6.45) is 0. The molecule has 0 unspecified atom stereocenters. The van der Waals surface area contributed by atoms with E-state index in [1.54, 1.807) is 11.3 Å². The van der Waals surface area contributed by atoms with Crippen molar-refractivity contribution in [2.45, 2.75) is 13.8 Å². The Hall–Kier alpha value is -1.91. The number of carbonyl (C=O) groups excluding carboxylic acids is 1. The minimum absolute atomic E-state index is 0.0563. The number of pyridine rings is 1. The Morgan fingerprint density at radius 3 is 2.52 bits per heavy atom. The van der Waals surface area contributed by atoms with Gasteiger partial charge in [0.15, 0.2) is 0 Å². The minimum atomic E-state index is 0.0563. The van der Waals surface area contributed by atoms with Gasteiger partial charge in [-0.3, -0.25) is 4.79 Å². The molecule has 0 aliphatic rings. The fraction of sp³-hybridized carbons (Fsp3) is 0.222. The minimum Gasteiger partial charge on any atom is -0.339 e. The summed E-state index contributed by atoms with van der Waals surface area (Å²) in [4.78, 5) is 18.8. The van der Waals surface area contributed by atoms with Crippen molar-refractivity contribution in [2.24, 2.45) is 0 Å². The molecule has 0 saturated carbocycles. The SMILES string of the molecule is CCN(CC)C(=O)c1ccc(-c2cc(Cl)c3sccc3n2)cc1. The second-order valence-electron chi connectivity index (χ2n) is 5.18. The highest BCUT2D eigenvalue weighted by Crippen LogP contribution is 2.31. The van der Waals surface area contributed by atoms with Crippen LogP contribution in [-0.4, -0.2) is 28.9 Å². The van der Waals surface area contributed by atoms with E-state index in [4.69, 9.17) is 11.6 Å². The molecule has 1 amide bonds. The summed E-state index contributed by atoms with van der Waals surface area (Å²) in [6, 6.07) is 11.4. The van der Waals surface area contributed by atoms with Crippen LogP contribution in [0.1, 0.15) is 24.2 Å². The number of aromatic nitrogens is 1. The molecule has 118 valence electrons. The van der Waals surface area contributed by atoms with Gasteiger partial charge in [0, 0.05) is 24.2 Å². The molecule has 0 N–H and O–H groups in total. The first-order valence-corrected chi connectivity index (χ1v) is 8.83. The maximum atomic E-state index is 12.3. The van der Waals surface area contributed by atoms with Crippen molar-refractivity contribution in [3.8, 4) is 11.3 Å². The summed E-state index contributed by atoms with van der Waals surface area (Å²) < 4.78 is 1.00. The predicted octanol–water partition coefficient (Wildman–Crippen LogP) is 5.10. The monoisotopic (exact) mass is 344 g/mol. The largest absolute Gasteiger partial charge is 0.339 e. The molecule has 0 aliphatic carbocycles. The fourth-order valence-electron chi connectivity index (χ4n) is 2.54. The van der Waals surface area contributed by atoms with Crippen molar-refractivity contribution >= 4 is 39.1 Å². The lowest BCUT2D eigenvalue weighted by atomic mass is 10.1. The summed E-state index contributed by atoms with van der Waals surface area (Å²) in [6.45, 7) is 5.39. The van der Waals surface area contributed by atoms with E-state index in [1.165, 1.54) is 0 Å². The Labute approximate surface area is 144 Å². The number of benzene rings is 1. The van der Waals surface area contributed by atoms with Crippen LogP contribution >= 0.6 is 22.9 Å². The summed E-state index contributed by atoms with van der Waals surface area (Å²) >= 11 is 7.91. The third kappa shape index (κ3) is 3.09. The van der Waals surface area contributed by atoms with Gasteiger partial charge in [-0.1, -0.05) is 23.7 Å². The molecule has 0 saturated heterocycles. The van der Waals surface area contributed by atoms with Crippen molar-refractivity contribution in [2.75, 3.05) is 13.1 Å². The van der Waals surface area contributed by atoms with E-state index in [0.29, 0.717) is 23.7 Å². The first-order chi connectivity index (χ1) is 11.1. The quantitative estimate of drug-likeness (QED) is 0.659. The Kier molecular flexibility index (Phi) is 4.64. The molecule has 0 bridgehead atoms. The predicted molar refractivity (Wildman–Crippen MR) is 97.3 cm³/mol. The molecule has 0 radical (unpaired) electrons. The molecule has 0 fully saturated rings. The number of thiophene rings is 1. The van der Waals surface area contributed by atoms with Gasteiger partial charge in [0.1, 0.15) is 0 Å². The smallest absolute Gasteiger partial charge is 0.253 e. The van der Waals surface area contributed by atoms with E-state index >= 15 is 0 Å². The Balaban J connectivity index is 1.93. The average molecular weight is 345 g/mol. The zero-order valence-electron chi connectivity index (χ0n) is 13.0. The van der Waals surface area contributed by atoms with Crippen LogP contribution in [0.4, 0.5) is 0 Å². The van der Waals surface area contributed by atoms with E-state index in [-0.39, 0.29) is 5.91 Å². The van der Waals surface area contributed by atoms with Crippen LogP contribution in [0.3, 0.4) is 0 Å². The van der Waals surface area contributed by atoms with Gasteiger partial charge < -0.3 is 4.90 Å². The molecule has 0 spiro atoms. The molecule has 23 heavy (non-hydrogen) atoms. The van der Waals surface area contributed by atoms with Crippen LogP contribution in [0.2, 0.25) is 5.02 Å². The van der Waals surface area contributed by atoms with Crippen LogP contribution < -0.4 is 0 Å². The normalized spacial score (nSPS) is 10.9. The maximum Gasteiger partial charge on any atom is 0.253 e. The number of nitrogens with zero attached hydrogens (tertiary/aromatic N) is 2. The third-order valence-electron chi connectivity index (χ3n) is 3.84. The highest BCUT2D eigenvalue weighted by molar-refractivity contribution is 7.17. The number of rotatable bonds is 4. The molecule has 3 nitrogen and oxygen atoms in total. The van der Waals surface area contributed by atoms with Crippen LogP contribution in [-0.2, 0) is 0 Å². The van der Waals surface area contributed by atoms with E-state index < -0.39 is 0 Å². The average Bonchev–Trinajstić information content (AvgIpc) is 3.05. The molecular weight excluding hydrogens is 328 g/mol. The van der Waals surface area contributed by atoms with E-state index in [9.17, 15) is 4.79 Å². The Morgan fingerprint density at radius 2 is 1.87 bits per heavy atom. The summed E-state index contributed by atoms with van der Waals surface area (Å²) in [7, 11) is 0. The van der Waals surface area contributed by atoms with Gasteiger partial charge in [-0.15, -0.1) is 11.3 Å². The van der Waals surface area contributed by atoms with Gasteiger partial charge in [0.05, 0.1) is 20.9 Å². The van der Waals surface area contributed by atoms with Crippen LogP contribution in [0, 0.1) is 0 Å². The lowest BCUT2D eigenvalue weighted by Gasteiger charge is -2.18. The van der Waals surface area contributed by atoms with Crippen molar-refractivity contribution in [3.05, 3.63) is 52.4 Å². The lowest BCUT2D eigenvalue weighted by Crippen LogP contribution is -2.30. The molecule has 3 rings (SSSR count). The second kappa shape index (κ2) is 6.69. The lowest BCUT2D eigenvalue weighted by molar-refractivity contribution is 0.0773. The second-order valence-corrected chi connectivity index (χ2v) is 6.50. The van der Waals surface area contributed by atoms with Crippen molar-refractivity contribution in [1.29, 1.82) is 0 Å². The molecule has 1 aromatic carbocycles. The van der Waals surface area contributed by atoms with Crippen molar-refractivity contribution in [3.63, 3.8) is 0 Å². The highest BCUT2D eigenvalue weighted by atomic mass is 35.5. The molecule has 2 aromatic heterocycles. The van der Waals surface area contributed by atoms with Gasteiger partial charge in [0.25, 0.3) is 5.91 Å². The standard InChI is InChI=1S/C18H17ClN2OS/c1-3-21(4-2)18(22)13-7-5-12(6-8-13)16-11-14(19)17-15(20-16)9-10-23-17/h5-11H,3-4H2,1-2H3. The Bertz CT molecular complexity index is 838. The maximum absolute atomic E-state index is 12.3. The van der Waals surface area contributed by atoms with Gasteiger partial charge >= 0.3 is 0 Å². The molecule has 3 aromatic rings. The molecule has 0 aliphatic heterocycles. The summed E-state index contributed by atoms with van der Waals surface area (Å²) in [5.74, 6) is 0.0563. The first-order valence-electron chi connectivity index (χ1n) is 7.57. The number of carbonyl (C=O) groups is 1. The molecule has 5 heteroatoms. The third-order valence-corrected chi connectivity index (χ3v) is 5.19. The van der Waals surface area contributed by atoms with Crippen LogP contribution in [0.5, 0.6) is 0 Å². The fourth-order valence-corrected chi connectivity index (χ4v) is 3.61. The van der Waals surface area contributed by atoms with Crippen LogP contribution in [0.15, 0.2) is 41.8 Å². The number of hydrogen-bond donors (Lipinski definition) is 0. The Morgan fingerprint density at radius 1 is 1.17 bits per heavy atom. The first kappa shape index (κ1) is 16.0. The van der Waals surface area contributed by atoms with E-state index in [2.05, 4.69) is 4.98 Å². The van der Waals surface area contributed by atoms with E-state index in [0.717, 1.165) is 21.5 Å². The number of amides is 1. The van der Waals surface area contributed by atoms with Gasteiger partial charge in [-0.25, -0.2) is 4.98 Å². The van der Waals surface area contributed by atoms with Gasteiger partial charge in [0.2, 0.25) is 0 Å². The zero-order chi connectivity index (χ0) is 16.4. The van der Waals surface area contributed by atoms with Gasteiger partial charge in [-0.2, -0.15) is 0 Å². The summed E-state index contributed by atoms with van der Waals surface area (Å²) in [5.41, 5.74) is 3.37. The zero-order valence-corrected chi connectivity index (χ0v) is 14.6. The summed E-state index contributed by atoms with van der Waals surface area (Å²) in [5, 5.41) is 2.70. The van der Waals surface area contributed by atoms with Crippen molar-refractivity contribution in [1.82, 2.24) is 9.88 Å². The molecule has 2 heterocycles. The topological polar surface area (TPSA) is 33.2 Å². The van der Waals surface area contributed by atoms with Crippen LogP contribution in [0.25, 0.3) is 21.5 Å². The number of fused-ring (bicyclic) bond motifs is 1. The number of hydrogen-bond acceptors (Lipinski definition) is 3. The van der Waals surface area contributed by atoms with Crippen molar-refractivity contribution < 1.29 is 4.79 Å². The molecular formula is C18H17ClN2OS. The van der Waals surface area contributed by atoms with Gasteiger partial charge in [-0.05, 0) is 43.5 Å². The highest BCUT2D eigenvalue weighted by Gasteiger charge is 2.13. The number of halogens is 1.